The van der Waals surface area contributed by atoms with Gasteiger partial charge in [0, 0.05) is 0 Å². The number of carbonyl (C=O) groups is 2. The molecule has 1 aromatic rings. The Morgan fingerprint density at radius 1 is 1.24 bits per heavy atom. The van der Waals surface area contributed by atoms with Crippen LogP contribution in [0.2, 0.25) is 0 Å². The van der Waals surface area contributed by atoms with Crippen LogP contribution in [0.5, 0.6) is 0 Å². The molecule has 0 bridgehead atoms. The van der Waals surface area contributed by atoms with Crippen molar-refractivity contribution in [1.82, 2.24) is 0 Å². The molecule has 0 aromatic carbocycles. The Morgan fingerprint density at radius 3 is 2.24 bits per heavy atom. The van der Waals surface area contributed by atoms with Crippen LogP contribution in [0.1, 0.15) is 40.1 Å². The minimum Gasteiger partial charge on any atom is -0.456 e. The maximum Gasteiger partial charge on any atom is 0.348 e. The Kier molecular flexibility index (Phi) is 3.98. The third-order valence-electron chi connectivity index (χ3n) is 1.65. The van der Waals surface area contributed by atoms with Crippen LogP contribution in [0.3, 0.4) is 0 Å². The summed E-state index contributed by atoms with van der Waals surface area (Å²) in [6.45, 7) is 5.09. The second-order valence-corrected chi connectivity index (χ2v) is 5.41. The predicted octanol–water partition coefficient (Wildman–Crippen LogP) is 3.15. The summed E-state index contributed by atoms with van der Waals surface area (Å²) < 4.78 is 29.3. The van der Waals surface area contributed by atoms with Gasteiger partial charge in [-0.15, -0.1) is 11.3 Å². The van der Waals surface area contributed by atoms with Crippen molar-refractivity contribution in [3.8, 4) is 0 Å². The SMILES string of the molecule is CC(C)(C)OC(=O)c1ccc(C(=O)C(F)F)s1. The van der Waals surface area contributed by atoms with Crippen LogP contribution < -0.4 is 0 Å². The topological polar surface area (TPSA) is 43.4 Å². The van der Waals surface area contributed by atoms with E-state index in [0.717, 1.165) is 0 Å². The summed E-state index contributed by atoms with van der Waals surface area (Å²) in [6, 6.07) is 2.52. The minimum absolute atomic E-state index is 0.138. The molecule has 6 heteroatoms. The number of Topliss-reactive ketones (excluding diaryl/α,β-unsaturated/α-hetero) is 1. The van der Waals surface area contributed by atoms with Gasteiger partial charge in [-0.3, -0.25) is 4.79 Å². The zero-order chi connectivity index (χ0) is 13.2. The standard InChI is InChI=1S/C11H12F2O3S/c1-11(2,3)16-10(15)7-5-4-6(17-7)8(14)9(12)13/h4-5,9H,1-3H3. The first-order valence-corrected chi connectivity index (χ1v) is 5.68. The summed E-state index contributed by atoms with van der Waals surface area (Å²) in [7, 11) is 0. The normalized spacial score (nSPS) is 11.6. The van der Waals surface area contributed by atoms with Crippen LogP contribution in [-0.2, 0) is 4.74 Å². The maximum absolute atomic E-state index is 12.1. The molecule has 0 aliphatic rings. The molecule has 0 fully saturated rings. The van der Waals surface area contributed by atoms with Gasteiger partial charge in [0.25, 0.3) is 0 Å². The van der Waals surface area contributed by atoms with Gasteiger partial charge in [-0.25, -0.2) is 13.6 Å². The average molecular weight is 262 g/mol. The van der Waals surface area contributed by atoms with E-state index in [2.05, 4.69) is 0 Å². The van der Waals surface area contributed by atoms with Gasteiger partial charge in [0.05, 0.1) is 4.88 Å². The highest BCUT2D eigenvalue weighted by atomic mass is 32.1. The molecule has 1 rings (SSSR count). The first-order valence-electron chi connectivity index (χ1n) is 4.86. The number of halogens is 2. The van der Waals surface area contributed by atoms with Crippen LogP contribution in [0, 0.1) is 0 Å². The lowest BCUT2D eigenvalue weighted by atomic mass is 10.2. The van der Waals surface area contributed by atoms with E-state index in [1.54, 1.807) is 20.8 Å². The van der Waals surface area contributed by atoms with E-state index in [1.807, 2.05) is 0 Å². The number of alkyl halides is 2. The molecule has 0 unspecified atom stereocenters. The van der Waals surface area contributed by atoms with Gasteiger partial charge in [0.15, 0.2) is 0 Å². The van der Waals surface area contributed by atoms with Crippen molar-refractivity contribution >= 4 is 23.1 Å². The summed E-state index contributed by atoms with van der Waals surface area (Å²) in [5.41, 5.74) is -0.659. The molecule has 0 radical (unpaired) electrons. The van der Waals surface area contributed by atoms with E-state index in [1.165, 1.54) is 12.1 Å². The fourth-order valence-corrected chi connectivity index (χ4v) is 1.84. The van der Waals surface area contributed by atoms with Crippen molar-refractivity contribution < 1.29 is 23.1 Å². The molecule has 0 amide bonds. The Morgan fingerprint density at radius 2 is 1.76 bits per heavy atom. The quantitative estimate of drug-likeness (QED) is 0.620. The molecule has 0 saturated carbocycles. The zero-order valence-electron chi connectivity index (χ0n) is 9.62. The second-order valence-electron chi connectivity index (χ2n) is 4.33. The van der Waals surface area contributed by atoms with Gasteiger partial charge in [0.2, 0.25) is 5.78 Å². The van der Waals surface area contributed by atoms with Gasteiger partial charge in [-0.05, 0) is 32.9 Å². The number of rotatable bonds is 3. The number of carbonyl (C=O) groups excluding carboxylic acids is 2. The van der Waals surface area contributed by atoms with E-state index in [0.29, 0.717) is 11.3 Å². The number of hydrogen-bond acceptors (Lipinski definition) is 4. The monoisotopic (exact) mass is 262 g/mol. The minimum atomic E-state index is -3.06. The Bertz CT molecular complexity index is 432. The molecular formula is C11H12F2O3S. The van der Waals surface area contributed by atoms with Gasteiger partial charge in [0.1, 0.15) is 10.5 Å². The summed E-state index contributed by atoms with van der Waals surface area (Å²) in [5.74, 6) is -1.89. The van der Waals surface area contributed by atoms with E-state index >= 15 is 0 Å². The second kappa shape index (κ2) is 4.91. The molecule has 3 nitrogen and oxygen atoms in total. The van der Waals surface area contributed by atoms with Crippen molar-refractivity contribution in [2.45, 2.75) is 32.8 Å². The van der Waals surface area contributed by atoms with Crippen LogP contribution in [0.25, 0.3) is 0 Å². The van der Waals surface area contributed by atoms with E-state index in [-0.39, 0.29) is 9.75 Å². The number of esters is 1. The van der Waals surface area contributed by atoms with Gasteiger partial charge in [-0.1, -0.05) is 0 Å². The molecule has 0 atom stereocenters. The third-order valence-corrected chi connectivity index (χ3v) is 2.73. The number of ketones is 1. The van der Waals surface area contributed by atoms with E-state index < -0.39 is 23.8 Å². The zero-order valence-corrected chi connectivity index (χ0v) is 10.4. The van der Waals surface area contributed by atoms with Crippen LogP contribution in [0.15, 0.2) is 12.1 Å². The van der Waals surface area contributed by atoms with Gasteiger partial charge < -0.3 is 4.74 Å². The lowest BCUT2D eigenvalue weighted by molar-refractivity contribution is 0.00752. The summed E-state index contributed by atoms with van der Waals surface area (Å²) in [4.78, 5) is 22.5. The molecule has 17 heavy (non-hydrogen) atoms. The first kappa shape index (κ1) is 13.8. The lowest BCUT2D eigenvalue weighted by Gasteiger charge is -2.18. The molecule has 0 aliphatic heterocycles. The lowest BCUT2D eigenvalue weighted by Crippen LogP contribution is -2.23. The molecule has 94 valence electrons. The van der Waals surface area contributed by atoms with Crippen molar-refractivity contribution in [3.63, 3.8) is 0 Å². The number of thiophene rings is 1. The van der Waals surface area contributed by atoms with E-state index in [4.69, 9.17) is 4.74 Å². The molecule has 0 aliphatic carbocycles. The average Bonchev–Trinajstić information content (AvgIpc) is 2.62. The van der Waals surface area contributed by atoms with E-state index in [9.17, 15) is 18.4 Å². The summed E-state index contributed by atoms with van der Waals surface area (Å²) in [5, 5.41) is 0. The molecule has 1 heterocycles. The molecule has 1 aromatic heterocycles. The molecule has 0 N–H and O–H groups in total. The van der Waals surface area contributed by atoms with Crippen molar-refractivity contribution in [1.29, 1.82) is 0 Å². The van der Waals surface area contributed by atoms with Crippen molar-refractivity contribution in [2.24, 2.45) is 0 Å². The Hall–Kier alpha value is -1.30. The largest absolute Gasteiger partial charge is 0.456 e. The third kappa shape index (κ3) is 3.89. The van der Waals surface area contributed by atoms with Crippen LogP contribution in [0.4, 0.5) is 8.78 Å². The maximum atomic E-state index is 12.1. The Balaban J connectivity index is 2.82. The number of ether oxygens (including phenoxy) is 1. The fraction of sp³-hybridized carbons (Fsp3) is 0.455. The van der Waals surface area contributed by atoms with Gasteiger partial charge >= 0.3 is 12.4 Å². The van der Waals surface area contributed by atoms with Crippen molar-refractivity contribution in [2.75, 3.05) is 0 Å². The molecule has 0 spiro atoms. The molecular weight excluding hydrogens is 250 g/mol. The number of hydrogen-bond donors (Lipinski definition) is 0. The van der Waals surface area contributed by atoms with Crippen LogP contribution in [-0.4, -0.2) is 23.8 Å². The van der Waals surface area contributed by atoms with Gasteiger partial charge in [-0.2, -0.15) is 0 Å². The highest BCUT2D eigenvalue weighted by Crippen LogP contribution is 2.22. The summed E-state index contributed by atoms with van der Waals surface area (Å²) in [6.07, 6.45) is -3.06. The fourth-order valence-electron chi connectivity index (χ4n) is 1.02. The highest BCUT2D eigenvalue weighted by Gasteiger charge is 2.23. The van der Waals surface area contributed by atoms with Crippen LogP contribution >= 0.6 is 11.3 Å². The molecule has 0 saturated heterocycles. The highest BCUT2D eigenvalue weighted by molar-refractivity contribution is 7.15. The first-order chi connectivity index (χ1) is 7.70. The summed E-state index contributed by atoms with van der Waals surface area (Å²) >= 11 is 0.714. The van der Waals surface area contributed by atoms with Crippen molar-refractivity contribution in [3.05, 3.63) is 21.9 Å². The predicted molar refractivity (Wildman–Crippen MR) is 59.8 cm³/mol. The smallest absolute Gasteiger partial charge is 0.348 e. The Labute approximate surface area is 101 Å².